The summed E-state index contributed by atoms with van der Waals surface area (Å²) in [5, 5.41) is 3.20. The lowest BCUT2D eigenvalue weighted by Gasteiger charge is -2.33. The molecule has 0 saturated carbocycles. The third kappa shape index (κ3) is 6.36. The zero-order valence-corrected chi connectivity index (χ0v) is 16.2. The molecule has 2 amide bonds. The van der Waals surface area contributed by atoms with Crippen LogP contribution in [0, 0.1) is 0 Å². The largest absolute Gasteiger partial charge is 0.335 e. The number of piperidine rings is 1. The highest BCUT2D eigenvalue weighted by Crippen LogP contribution is 2.12. The summed E-state index contributed by atoms with van der Waals surface area (Å²) in [6.45, 7) is 3.92. The summed E-state index contributed by atoms with van der Waals surface area (Å²) in [7, 11) is 1.87. The van der Waals surface area contributed by atoms with Crippen LogP contribution in [-0.2, 0) is 12.8 Å². The molecule has 2 heterocycles. The minimum atomic E-state index is 0.0341. The molecule has 0 aliphatic carbocycles. The van der Waals surface area contributed by atoms with E-state index in [1.807, 2.05) is 19.2 Å². The van der Waals surface area contributed by atoms with Crippen LogP contribution in [0.1, 0.15) is 24.0 Å². The molecule has 2 aromatic rings. The number of pyridine rings is 1. The van der Waals surface area contributed by atoms with E-state index in [1.54, 1.807) is 17.3 Å². The van der Waals surface area contributed by atoms with Crippen LogP contribution in [0.15, 0.2) is 54.9 Å². The third-order valence-electron chi connectivity index (χ3n) is 5.31. The molecule has 5 nitrogen and oxygen atoms in total. The molecule has 5 heteroatoms. The van der Waals surface area contributed by atoms with E-state index in [2.05, 4.69) is 45.5 Å². The highest BCUT2D eigenvalue weighted by molar-refractivity contribution is 5.74. The van der Waals surface area contributed by atoms with Gasteiger partial charge < -0.3 is 15.1 Å². The van der Waals surface area contributed by atoms with E-state index in [9.17, 15) is 4.79 Å². The highest BCUT2D eigenvalue weighted by Gasteiger charge is 2.21. The molecule has 0 atom stereocenters. The van der Waals surface area contributed by atoms with Crippen molar-refractivity contribution in [2.75, 3.05) is 33.2 Å². The predicted molar refractivity (Wildman–Crippen MR) is 109 cm³/mol. The molecule has 1 aliphatic rings. The van der Waals surface area contributed by atoms with E-state index >= 15 is 0 Å². The summed E-state index contributed by atoms with van der Waals surface area (Å²) < 4.78 is 0. The normalized spacial score (nSPS) is 15.4. The summed E-state index contributed by atoms with van der Waals surface area (Å²) in [5.41, 5.74) is 2.60. The number of hydrogen-bond donors (Lipinski definition) is 1. The first-order valence-electron chi connectivity index (χ1n) is 9.87. The molecule has 0 radical (unpaired) electrons. The number of amides is 2. The van der Waals surface area contributed by atoms with Crippen LogP contribution in [0.2, 0.25) is 0 Å². The number of likely N-dealkylation sites (tertiary alicyclic amines) is 1. The van der Waals surface area contributed by atoms with Crippen molar-refractivity contribution >= 4 is 6.03 Å². The maximum Gasteiger partial charge on any atom is 0.317 e. The van der Waals surface area contributed by atoms with Crippen LogP contribution >= 0.6 is 0 Å². The first-order chi connectivity index (χ1) is 13.2. The fourth-order valence-electron chi connectivity index (χ4n) is 3.47. The molecule has 144 valence electrons. The van der Waals surface area contributed by atoms with Crippen molar-refractivity contribution in [3.63, 3.8) is 0 Å². The number of likely N-dealkylation sites (N-methyl/N-ethyl adjacent to an activating group) is 1. The molecular formula is C22H30N4O. The van der Waals surface area contributed by atoms with Crippen molar-refractivity contribution in [2.24, 2.45) is 0 Å². The zero-order chi connectivity index (χ0) is 18.9. The number of rotatable bonds is 7. The molecule has 1 aliphatic heterocycles. The number of urea groups is 1. The summed E-state index contributed by atoms with van der Waals surface area (Å²) in [4.78, 5) is 20.7. The van der Waals surface area contributed by atoms with Gasteiger partial charge in [-0.25, -0.2) is 4.79 Å². The predicted octanol–water partition coefficient (Wildman–Crippen LogP) is 2.97. The first kappa shape index (κ1) is 19.4. The Morgan fingerprint density at radius 3 is 2.44 bits per heavy atom. The molecule has 0 spiro atoms. The van der Waals surface area contributed by atoms with E-state index in [4.69, 9.17) is 0 Å². The SMILES string of the molecule is CN(CCc1ccncc1)C(=O)NC1CCN(CCc2ccccc2)CC1. The van der Waals surface area contributed by atoms with E-state index in [-0.39, 0.29) is 12.1 Å². The van der Waals surface area contributed by atoms with Crippen LogP contribution in [0.5, 0.6) is 0 Å². The van der Waals surface area contributed by atoms with E-state index in [1.165, 1.54) is 11.1 Å². The Balaban J connectivity index is 1.34. The highest BCUT2D eigenvalue weighted by atomic mass is 16.2. The molecule has 1 aromatic carbocycles. The van der Waals surface area contributed by atoms with Gasteiger partial charge in [-0.1, -0.05) is 30.3 Å². The van der Waals surface area contributed by atoms with Crippen molar-refractivity contribution in [2.45, 2.75) is 31.7 Å². The van der Waals surface area contributed by atoms with Gasteiger partial charge in [0.25, 0.3) is 0 Å². The van der Waals surface area contributed by atoms with E-state index in [0.717, 1.165) is 45.3 Å². The lowest BCUT2D eigenvalue weighted by molar-refractivity contribution is 0.179. The molecule has 1 aromatic heterocycles. The van der Waals surface area contributed by atoms with Crippen LogP contribution in [0.25, 0.3) is 0 Å². The van der Waals surface area contributed by atoms with Crippen LogP contribution in [0.4, 0.5) is 4.79 Å². The molecule has 1 saturated heterocycles. The Morgan fingerprint density at radius 2 is 1.74 bits per heavy atom. The van der Waals surface area contributed by atoms with Gasteiger partial charge in [0.05, 0.1) is 0 Å². The van der Waals surface area contributed by atoms with E-state index < -0.39 is 0 Å². The molecule has 1 N–H and O–H groups in total. The maximum absolute atomic E-state index is 12.4. The smallest absolute Gasteiger partial charge is 0.317 e. The average molecular weight is 367 g/mol. The summed E-state index contributed by atoms with van der Waals surface area (Å²) in [5.74, 6) is 0. The Labute approximate surface area is 162 Å². The van der Waals surface area contributed by atoms with Gasteiger partial charge in [-0.2, -0.15) is 0 Å². The van der Waals surface area contributed by atoms with Gasteiger partial charge in [0.1, 0.15) is 0 Å². The summed E-state index contributed by atoms with van der Waals surface area (Å²) >= 11 is 0. The Hall–Kier alpha value is -2.40. The van der Waals surface area contributed by atoms with Gasteiger partial charge in [-0.15, -0.1) is 0 Å². The fourth-order valence-corrected chi connectivity index (χ4v) is 3.47. The minimum Gasteiger partial charge on any atom is -0.335 e. The number of aromatic nitrogens is 1. The number of carbonyl (C=O) groups excluding carboxylic acids is 1. The van der Waals surface area contributed by atoms with Gasteiger partial charge in [0.15, 0.2) is 0 Å². The fraction of sp³-hybridized carbons (Fsp3) is 0.455. The van der Waals surface area contributed by atoms with Gasteiger partial charge in [0, 0.05) is 51.7 Å². The standard InChI is InChI=1S/C22H30N4O/c1-25(15-9-20-7-13-23-14-8-20)22(27)24-21-11-17-26(18-12-21)16-10-19-5-3-2-4-6-19/h2-8,13-14,21H,9-12,15-18H2,1H3,(H,24,27). The Kier molecular flexibility index (Phi) is 7.22. The van der Waals surface area contributed by atoms with Crippen LogP contribution in [0.3, 0.4) is 0 Å². The lowest BCUT2D eigenvalue weighted by atomic mass is 10.0. The second-order valence-electron chi connectivity index (χ2n) is 7.33. The Morgan fingerprint density at radius 1 is 1.07 bits per heavy atom. The number of hydrogen-bond acceptors (Lipinski definition) is 3. The molecule has 3 rings (SSSR count). The van der Waals surface area contributed by atoms with Crippen molar-refractivity contribution in [3.05, 3.63) is 66.0 Å². The molecule has 0 unspecified atom stereocenters. The second-order valence-corrected chi connectivity index (χ2v) is 7.33. The summed E-state index contributed by atoms with van der Waals surface area (Å²) in [6.07, 6.45) is 7.58. The monoisotopic (exact) mass is 366 g/mol. The van der Waals surface area contributed by atoms with Crippen molar-refractivity contribution in [3.8, 4) is 0 Å². The topological polar surface area (TPSA) is 48.5 Å². The zero-order valence-electron chi connectivity index (χ0n) is 16.2. The van der Waals surface area contributed by atoms with Crippen molar-refractivity contribution in [1.82, 2.24) is 20.1 Å². The molecule has 1 fully saturated rings. The number of nitrogens with one attached hydrogen (secondary N) is 1. The van der Waals surface area contributed by atoms with Crippen LogP contribution < -0.4 is 5.32 Å². The van der Waals surface area contributed by atoms with Gasteiger partial charge in [-0.3, -0.25) is 4.98 Å². The van der Waals surface area contributed by atoms with Gasteiger partial charge >= 0.3 is 6.03 Å². The first-order valence-corrected chi connectivity index (χ1v) is 9.87. The minimum absolute atomic E-state index is 0.0341. The number of carbonyl (C=O) groups is 1. The van der Waals surface area contributed by atoms with Crippen molar-refractivity contribution in [1.29, 1.82) is 0 Å². The molecule has 27 heavy (non-hydrogen) atoms. The molecular weight excluding hydrogens is 336 g/mol. The van der Waals surface area contributed by atoms with Crippen LogP contribution in [-0.4, -0.2) is 60.1 Å². The number of benzene rings is 1. The van der Waals surface area contributed by atoms with Gasteiger partial charge in [0.2, 0.25) is 0 Å². The van der Waals surface area contributed by atoms with Gasteiger partial charge in [-0.05, 0) is 48.9 Å². The quantitative estimate of drug-likeness (QED) is 0.820. The third-order valence-corrected chi connectivity index (χ3v) is 5.31. The van der Waals surface area contributed by atoms with Crippen molar-refractivity contribution < 1.29 is 4.79 Å². The van der Waals surface area contributed by atoms with E-state index in [0.29, 0.717) is 6.54 Å². The maximum atomic E-state index is 12.4. The summed E-state index contributed by atoms with van der Waals surface area (Å²) in [6, 6.07) is 15.0. The average Bonchev–Trinajstić information content (AvgIpc) is 2.73. The second kappa shape index (κ2) is 10.1. The Bertz CT molecular complexity index is 684. The molecule has 0 bridgehead atoms. The lowest BCUT2D eigenvalue weighted by Crippen LogP contribution is -2.48. The number of nitrogens with zero attached hydrogens (tertiary/aromatic N) is 3.